The van der Waals surface area contributed by atoms with Crippen LogP contribution in [-0.4, -0.2) is 62.7 Å². The molecule has 0 saturated carbocycles. The molecule has 1 atom stereocenters. The lowest BCUT2D eigenvalue weighted by Crippen LogP contribution is -2.48. The van der Waals surface area contributed by atoms with E-state index in [4.69, 9.17) is 0 Å². The number of tetrazole rings is 1. The number of piperazine rings is 1. The maximum Gasteiger partial charge on any atom is 0.173 e. The lowest BCUT2D eigenvalue weighted by molar-refractivity contribution is 0.109. The molecule has 3 rings (SSSR count). The zero-order chi connectivity index (χ0) is 18.6. The van der Waals surface area contributed by atoms with Gasteiger partial charge < -0.3 is 0 Å². The van der Waals surface area contributed by atoms with Crippen LogP contribution in [-0.2, 0) is 5.54 Å². The number of rotatable bonds is 7. The second-order valence-corrected chi connectivity index (χ2v) is 7.55. The Kier molecular flexibility index (Phi) is 5.84. The van der Waals surface area contributed by atoms with Crippen LogP contribution < -0.4 is 0 Å². The Morgan fingerprint density at radius 3 is 2.46 bits per heavy atom. The molecule has 26 heavy (non-hydrogen) atoms. The minimum absolute atomic E-state index is 0.0721. The van der Waals surface area contributed by atoms with E-state index in [1.165, 1.54) is 5.56 Å². The highest BCUT2D eigenvalue weighted by Crippen LogP contribution is 2.31. The van der Waals surface area contributed by atoms with Crippen molar-refractivity contribution < 1.29 is 0 Å². The molecule has 0 N–H and O–H groups in total. The number of aromatic nitrogens is 4. The summed E-state index contributed by atoms with van der Waals surface area (Å²) >= 11 is 0. The van der Waals surface area contributed by atoms with Crippen LogP contribution in [0.25, 0.3) is 0 Å². The van der Waals surface area contributed by atoms with E-state index in [0.717, 1.165) is 45.0 Å². The van der Waals surface area contributed by atoms with Gasteiger partial charge in [0.05, 0.1) is 11.6 Å². The first-order valence-corrected chi connectivity index (χ1v) is 9.48. The summed E-state index contributed by atoms with van der Waals surface area (Å²) in [5.74, 6) is 0.931. The molecule has 140 valence electrons. The van der Waals surface area contributed by atoms with Crippen LogP contribution >= 0.6 is 0 Å². The number of hydrogen-bond acceptors (Lipinski definition) is 5. The molecule has 0 spiro atoms. The van der Waals surface area contributed by atoms with Crippen molar-refractivity contribution in [2.75, 3.05) is 32.7 Å². The third-order valence-electron chi connectivity index (χ3n) is 5.45. The summed E-state index contributed by atoms with van der Waals surface area (Å²) in [5, 5.41) is 12.9. The van der Waals surface area contributed by atoms with Gasteiger partial charge in [0.1, 0.15) is 0 Å². The highest BCUT2D eigenvalue weighted by atomic mass is 15.6. The molecule has 0 aliphatic carbocycles. The summed E-state index contributed by atoms with van der Waals surface area (Å²) in [7, 11) is 0. The van der Waals surface area contributed by atoms with Crippen molar-refractivity contribution in [3.63, 3.8) is 0 Å². The Morgan fingerprint density at radius 2 is 1.85 bits per heavy atom. The minimum atomic E-state index is -0.115. The van der Waals surface area contributed by atoms with Crippen molar-refractivity contribution in [2.24, 2.45) is 0 Å². The second-order valence-electron chi connectivity index (χ2n) is 7.55. The van der Waals surface area contributed by atoms with Gasteiger partial charge in [0.2, 0.25) is 0 Å². The van der Waals surface area contributed by atoms with Crippen LogP contribution in [0, 0.1) is 0 Å². The monoisotopic (exact) mass is 354 g/mol. The Morgan fingerprint density at radius 1 is 1.15 bits per heavy atom. The van der Waals surface area contributed by atoms with Gasteiger partial charge in [0, 0.05) is 32.7 Å². The third-order valence-corrected chi connectivity index (χ3v) is 5.45. The summed E-state index contributed by atoms with van der Waals surface area (Å²) in [6.45, 7) is 15.4. The van der Waals surface area contributed by atoms with Crippen LogP contribution in [0.4, 0.5) is 0 Å². The Hall–Kier alpha value is -2.05. The van der Waals surface area contributed by atoms with E-state index in [1.54, 1.807) is 0 Å². The highest BCUT2D eigenvalue weighted by molar-refractivity contribution is 5.25. The van der Waals surface area contributed by atoms with Gasteiger partial charge in [0.25, 0.3) is 0 Å². The maximum atomic E-state index is 4.47. The average Bonchev–Trinajstić information content (AvgIpc) is 3.15. The molecule has 0 bridgehead atoms. The van der Waals surface area contributed by atoms with E-state index in [1.807, 2.05) is 10.8 Å². The molecular weight excluding hydrogens is 324 g/mol. The van der Waals surface area contributed by atoms with Crippen molar-refractivity contribution in [1.29, 1.82) is 0 Å². The smallest absolute Gasteiger partial charge is 0.173 e. The van der Waals surface area contributed by atoms with Gasteiger partial charge in [-0.15, -0.1) is 11.7 Å². The van der Waals surface area contributed by atoms with Crippen molar-refractivity contribution in [3.8, 4) is 0 Å². The Labute approximate surface area is 156 Å². The van der Waals surface area contributed by atoms with Gasteiger partial charge in [-0.1, -0.05) is 43.3 Å². The minimum Gasteiger partial charge on any atom is -0.297 e. The number of nitrogens with zero attached hydrogens (tertiary/aromatic N) is 6. The largest absolute Gasteiger partial charge is 0.297 e. The molecule has 1 saturated heterocycles. The second kappa shape index (κ2) is 8.10. The molecule has 1 aromatic heterocycles. The Bertz CT molecular complexity index is 700. The summed E-state index contributed by atoms with van der Waals surface area (Å²) in [4.78, 5) is 4.94. The predicted octanol–water partition coefficient (Wildman–Crippen LogP) is 2.71. The molecule has 1 fully saturated rings. The van der Waals surface area contributed by atoms with Gasteiger partial charge in [-0.2, -0.15) is 0 Å². The molecule has 6 nitrogen and oxygen atoms in total. The van der Waals surface area contributed by atoms with Crippen LogP contribution in [0.1, 0.15) is 44.6 Å². The van der Waals surface area contributed by atoms with E-state index in [-0.39, 0.29) is 11.6 Å². The van der Waals surface area contributed by atoms with Gasteiger partial charge in [-0.3, -0.25) is 9.80 Å². The fraction of sp³-hybridized carbons (Fsp3) is 0.550. The van der Waals surface area contributed by atoms with Crippen molar-refractivity contribution in [3.05, 3.63) is 54.4 Å². The molecule has 6 heteroatoms. The SMILES string of the molecule is C=CCN1CCN(C(c2ccccc2)c2nnnn2C(C)(C)CC)CC1. The number of benzene rings is 1. The molecule has 2 aromatic rings. The normalized spacial score (nSPS) is 18.0. The molecular formula is C20H30N6. The zero-order valence-electron chi connectivity index (χ0n) is 16.2. The predicted molar refractivity (Wildman–Crippen MR) is 104 cm³/mol. The van der Waals surface area contributed by atoms with Crippen LogP contribution in [0.5, 0.6) is 0 Å². The highest BCUT2D eigenvalue weighted by Gasteiger charge is 2.33. The van der Waals surface area contributed by atoms with Gasteiger partial charge in [0.15, 0.2) is 5.82 Å². The van der Waals surface area contributed by atoms with E-state index in [9.17, 15) is 0 Å². The molecule has 1 aliphatic rings. The van der Waals surface area contributed by atoms with Crippen LogP contribution in [0.15, 0.2) is 43.0 Å². The third kappa shape index (κ3) is 3.86. The van der Waals surface area contributed by atoms with Crippen LogP contribution in [0.2, 0.25) is 0 Å². The van der Waals surface area contributed by atoms with Crippen molar-refractivity contribution in [1.82, 2.24) is 30.0 Å². The standard InChI is InChI=1S/C20H30N6/c1-5-12-24-13-15-25(16-14-24)18(17-10-8-7-9-11-17)19-21-22-23-26(19)20(3,4)6-2/h5,7-11,18H,1,6,12-16H2,2-4H3. The van der Waals surface area contributed by atoms with E-state index < -0.39 is 0 Å². The quantitative estimate of drug-likeness (QED) is 0.716. The van der Waals surface area contributed by atoms with Gasteiger partial charge in [-0.25, -0.2) is 4.68 Å². The molecule has 2 heterocycles. The first kappa shape index (κ1) is 18.7. The molecule has 1 aliphatic heterocycles. The molecule has 1 aromatic carbocycles. The molecule has 0 amide bonds. The molecule has 0 radical (unpaired) electrons. The maximum absolute atomic E-state index is 4.47. The van der Waals surface area contributed by atoms with E-state index in [0.29, 0.717) is 0 Å². The first-order chi connectivity index (χ1) is 12.6. The topological polar surface area (TPSA) is 50.1 Å². The Balaban J connectivity index is 1.94. The lowest BCUT2D eigenvalue weighted by atomic mass is 9.99. The van der Waals surface area contributed by atoms with Crippen molar-refractivity contribution >= 4 is 0 Å². The van der Waals surface area contributed by atoms with E-state index >= 15 is 0 Å². The van der Waals surface area contributed by atoms with Crippen molar-refractivity contribution in [2.45, 2.75) is 38.8 Å². The zero-order valence-corrected chi connectivity index (χ0v) is 16.2. The van der Waals surface area contributed by atoms with Gasteiger partial charge >= 0.3 is 0 Å². The summed E-state index contributed by atoms with van der Waals surface area (Å²) in [6, 6.07) is 10.7. The number of hydrogen-bond donors (Lipinski definition) is 0. The fourth-order valence-electron chi connectivity index (χ4n) is 3.49. The summed E-state index contributed by atoms with van der Waals surface area (Å²) < 4.78 is 2.01. The summed E-state index contributed by atoms with van der Waals surface area (Å²) in [6.07, 6.45) is 2.95. The first-order valence-electron chi connectivity index (χ1n) is 9.48. The van der Waals surface area contributed by atoms with Gasteiger partial charge in [-0.05, 0) is 36.3 Å². The lowest BCUT2D eigenvalue weighted by Gasteiger charge is -2.39. The average molecular weight is 355 g/mol. The van der Waals surface area contributed by atoms with E-state index in [2.05, 4.69) is 83.0 Å². The molecule has 1 unspecified atom stereocenters. The van der Waals surface area contributed by atoms with Crippen LogP contribution in [0.3, 0.4) is 0 Å². The fourth-order valence-corrected chi connectivity index (χ4v) is 3.49. The summed E-state index contributed by atoms with van der Waals surface area (Å²) in [5.41, 5.74) is 1.13.